The molecule has 1 aliphatic heterocycles. The lowest BCUT2D eigenvalue weighted by atomic mass is 10.1. The molecule has 3 heterocycles. The number of hydrogen-bond acceptors (Lipinski definition) is 6. The zero-order valence-corrected chi connectivity index (χ0v) is 16.4. The molecular weight excluding hydrogens is 382 g/mol. The van der Waals surface area contributed by atoms with Crippen molar-refractivity contribution < 1.29 is 23.4 Å². The van der Waals surface area contributed by atoms with E-state index in [1.807, 2.05) is 37.3 Å². The predicted molar refractivity (Wildman–Crippen MR) is 110 cm³/mol. The van der Waals surface area contributed by atoms with Crippen molar-refractivity contribution in [1.82, 2.24) is 4.98 Å². The second-order valence-electron chi connectivity index (χ2n) is 7.01. The van der Waals surface area contributed by atoms with Crippen LogP contribution in [-0.2, 0) is 6.61 Å². The Morgan fingerprint density at radius 1 is 1.03 bits per heavy atom. The molecule has 0 saturated heterocycles. The minimum absolute atomic E-state index is 0.225. The number of rotatable bonds is 5. The molecule has 0 aliphatic carbocycles. The number of para-hydroxylation sites is 1. The average molecular weight is 401 g/mol. The van der Waals surface area contributed by atoms with Crippen LogP contribution in [0.15, 0.2) is 65.2 Å². The van der Waals surface area contributed by atoms with Gasteiger partial charge in [-0.2, -0.15) is 0 Å². The van der Waals surface area contributed by atoms with Crippen molar-refractivity contribution in [3.8, 4) is 17.2 Å². The Hall–Kier alpha value is -3.80. The van der Waals surface area contributed by atoms with Gasteiger partial charge in [0, 0.05) is 22.7 Å². The quantitative estimate of drug-likeness (QED) is 0.451. The summed E-state index contributed by atoms with van der Waals surface area (Å²) in [6.07, 6.45) is 1.76. The summed E-state index contributed by atoms with van der Waals surface area (Å²) in [5.74, 6) is 2.00. The smallest absolute Gasteiger partial charge is 0.228 e. The molecular formula is C24H19NO5. The van der Waals surface area contributed by atoms with E-state index >= 15 is 0 Å². The van der Waals surface area contributed by atoms with Crippen LogP contribution in [0.1, 0.15) is 27.4 Å². The van der Waals surface area contributed by atoms with Crippen molar-refractivity contribution in [2.24, 2.45) is 0 Å². The van der Waals surface area contributed by atoms with E-state index in [0.717, 1.165) is 22.4 Å². The van der Waals surface area contributed by atoms with Crippen molar-refractivity contribution in [3.05, 3.63) is 83.4 Å². The van der Waals surface area contributed by atoms with Crippen LogP contribution in [-0.4, -0.2) is 24.0 Å². The Bertz CT molecular complexity index is 1230. The van der Waals surface area contributed by atoms with Gasteiger partial charge in [0.25, 0.3) is 0 Å². The highest BCUT2D eigenvalue weighted by Crippen LogP contribution is 2.33. The van der Waals surface area contributed by atoms with Gasteiger partial charge in [-0.1, -0.05) is 18.2 Å². The van der Waals surface area contributed by atoms with Crippen molar-refractivity contribution in [3.63, 3.8) is 0 Å². The molecule has 6 nitrogen and oxygen atoms in total. The van der Waals surface area contributed by atoms with Crippen molar-refractivity contribution in [2.75, 3.05) is 13.2 Å². The number of aromatic nitrogens is 1. The summed E-state index contributed by atoms with van der Waals surface area (Å²) >= 11 is 0. The predicted octanol–water partition coefficient (Wildman–Crippen LogP) is 4.72. The minimum Gasteiger partial charge on any atom is -0.489 e. The lowest BCUT2D eigenvalue weighted by molar-refractivity contribution is 0.101. The standard InChI is InChI=1S/C24H19NO5/c1-15-24-19(17(13-25-15)14-29-18-5-3-2-4-6-18)12-22(30-24)23(26)16-7-8-20-21(11-16)28-10-9-27-20/h2-8,11-13H,9-10,14H2,1H3. The van der Waals surface area contributed by atoms with Crippen LogP contribution in [0, 0.1) is 6.92 Å². The van der Waals surface area contributed by atoms with E-state index < -0.39 is 0 Å². The Labute approximate surface area is 173 Å². The molecule has 0 N–H and O–H groups in total. The second-order valence-corrected chi connectivity index (χ2v) is 7.01. The topological polar surface area (TPSA) is 70.8 Å². The normalized spacial score (nSPS) is 12.7. The fourth-order valence-corrected chi connectivity index (χ4v) is 3.43. The number of fused-ring (bicyclic) bond motifs is 2. The van der Waals surface area contributed by atoms with E-state index in [4.69, 9.17) is 18.6 Å². The maximum atomic E-state index is 13.1. The molecule has 6 heteroatoms. The number of benzene rings is 2. The third-order valence-corrected chi connectivity index (χ3v) is 4.99. The molecule has 1 aliphatic rings. The monoisotopic (exact) mass is 401 g/mol. The van der Waals surface area contributed by atoms with E-state index in [1.54, 1.807) is 30.5 Å². The first-order valence-electron chi connectivity index (χ1n) is 9.69. The van der Waals surface area contributed by atoms with Gasteiger partial charge in [-0.05, 0) is 43.3 Å². The Morgan fingerprint density at radius 2 is 1.83 bits per heavy atom. The molecule has 150 valence electrons. The number of pyridine rings is 1. The van der Waals surface area contributed by atoms with Gasteiger partial charge >= 0.3 is 0 Å². The highest BCUT2D eigenvalue weighted by molar-refractivity contribution is 6.09. The molecule has 0 radical (unpaired) electrons. The summed E-state index contributed by atoms with van der Waals surface area (Å²) in [6, 6.07) is 16.5. The van der Waals surface area contributed by atoms with E-state index in [-0.39, 0.29) is 11.5 Å². The highest BCUT2D eigenvalue weighted by Gasteiger charge is 2.21. The Kier molecular flexibility index (Phi) is 4.59. The van der Waals surface area contributed by atoms with Gasteiger partial charge in [0.05, 0.1) is 5.69 Å². The number of carbonyl (C=O) groups excluding carboxylic acids is 1. The first-order valence-corrected chi connectivity index (χ1v) is 9.69. The van der Waals surface area contributed by atoms with E-state index in [9.17, 15) is 4.79 Å². The van der Waals surface area contributed by atoms with Gasteiger partial charge < -0.3 is 18.6 Å². The summed E-state index contributed by atoms with van der Waals surface area (Å²) in [7, 11) is 0. The van der Waals surface area contributed by atoms with Crippen LogP contribution in [0.25, 0.3) is 11.0 Å². The largest absolute Gasteiger partial charge is 0.489 e. The van der Waals surface area contributed by atoms with E-state index in [2.05, 4.69) is 4.98 Å². The average Bonchev–Trinajstić information content (AvgIpc) is 3.25. The lowest BCUT2D eigenvalue weighted by Gasteiger charge is -2.18. The summed E-state index contributed by atoms with van der Waals surface area (Å²) in [5, 5.41) is 0.819. The van der Waals surface area contributed by atoms with Gasteiger partial charge in [-0.15, -0.1) is 0 Å². The molecule has 2 aromatic carbocycles. The summed E-state index contributed by atoms with van der Waals surface area (Å²) in [5.41, 5.74) is 2.63. The minimum atomic E-state index is -0.225. The van der Waals surface area contributed by atoms with Gasteiger partial charge in [0.15, 0.2) is 22.8 Å². The van der Waals surface area contributed by atoms with Gasteiger partial charge in [0.2, 0.25) is 5.78 Å². The van der Waals surface area contributed by atoms with Crippen molar-refractivity contribution in [2.45, 2.75) is 13.5 Å². The molecule has 0 atom stereocenters. The van der Waals surface area contributed by atoms with Crippen molar-refractivity contribution >= 4 is 16.8 Å². The van der Waals surface area contributed by atoms with Crippen LogP contribution < -0.4 is 14.2 Å². The van der Waals surface area contributed by atoms with E-state index in [1.165, 1.54) is 0 Å². The van der Waals surface area contributed by atoms with Crippen LogP contribution in [0.4, 0.5) is 0 Å². The molecule has 0 spiro atoms. The van der Waals surface area contributed by atoms with Crippen LogP contribution >= 0.6 is 0 Å². The van der Waals surface area contributed by atoms with Gasteiger partial charge in [-0.3, -0.25) is 9.78 Å². The Balaban J connectivity index is 1.46. The molecule has 30 heavy (non-hydrogen) atoms. The third-order valence-electron chi connectivity index (χ3n) is 4.99. The second kappa shape index (κ2) is 7.55. The molecule has 2 aromatic heterocycles. The molecule has 0 saturated carbocycles. The number of hydrogen-bond donors (Lipinski definition) is 0. The number of furan rings is 1. The summed E-state index contributed by atoms with van der Waals surface area (Å²) in [6.45, 7) is 3.14. The SMILES string of the molecule is Cc1ncc(COc2ccccc2)c2cc(C(=O)c3ccc4c(c3)OCCO4)oc12. The number of nitrogens with zero attached hydrogens (tertiary/aromatic N) is 1. The number of carbonyl (C=O) groups is 1. The van der Waals surface area contributed by atoms with E-state index in [0.29, 0.717) is 42.5 Å². The first kappa shape index (κ1) is 18.2. The lowest BCUT2D eigenvalue weighted by Crippen LogP contribution is -2.15. The molecule has 0 amide bonds. The number of ether oxygens (including phenoxy) is 3. The summed E-state index contributed by atoms with van der Waals surface area (Å²) in [4.78, 5) is 17.5. The van der Waals surface area contributed by atoms with Crippen LogP contribution in [0.2, 0.25) is 0 Å². The van der Waals surface area contributed by atoms with Gasteiger partial charge in [0.1, 0.15) is 25.6 Å². The number of ketones is 1. The summed E-state index contributed by atoms with van der Waals surface area (Å²) < 4.78 is 22.9. The van der Waals surface area contributed by atoms with Crippen LogP contribution in [0.3, 0.4) is 0 Å². The molecule has 4 aromatic rings. The molecule has 0 bridgehead atoms. The number of aryl methyl sites for hydroxylation is 1. The zero-order chi connectivity index (χ0) is 20.5. The van der Waals surface area contributed by atoms with Crippen molar-refractivity contribution in [1.29, 1.82) is 0 Å². The maximum Gasteiger partial charge on any atom is 0.228 e. The maximum absolute atomic E-state index is 13.1. The fraction of sp³-hybridized carbons (Fsp3) is 0.167. The zero-order valence-electron chi connectivity index (χ0n) is 16.4. The molecule has 5 rings (SSSR count). The molecule has 0 fully saturated rings. The van der Waals surface area contributed by atoms with Crippen LogP contribution in [0.5, 0.6) is 17.2 Å². The highest BCUT2D eigenvalue weighted by atomic mass is 16.6. The Morgan fingerprint density at radius 3 is 2.67 bits per heavy atom. The van der Waals surface area contributed by atoms with Gasteiger partial charge in [-0.25, -0.2) is 0 Å². The fourth-order valence-electron chi connectivity index (χ4n) is 3.43. The first-order chi connectivity index (χ1) is 14.7. The molecule has 0 unspecified atom stereocenters. The third kappa shape index (κ3) is 3.37.